The SMILES string of the molecule is O=C(N/N=C\c1cc(Cl)cc(Cl)c1O)NC12CC3CC(CC(C3)C1)C2. The zero-order valence-electron chi connectivity index (χ0n) is 13.8. The summed E-state index contributed by atoms with van der Waals surface area (Å²) in [5.74, 6) is 2.18. The van der Waals surface area contributed by atoms with Crippen molar-refractivity contribution < 1.29 is 9.90 Å². The number of phenols is 1. The normalized spacial score (nSPS) is 33.0. The first-order valence-corrected chi connectivity index (χ1v) is 9.47. The summed E-state index contributed by atoms with van der Waals surface area (Å²) in [4.78, 5) is 12.3. The number of carbonyl (C=O) groups excluding carboxylic acids is 1. The average molecular weight is 382 g/mol. The van der Waals surface area contributed by atoms with E-state index in [-0.39, 0.29) is 22.3 Å². The number of rotatable bonds is 3. The molecule has 1 aromatic rings. The maximum absolute atomic E-state index is 12.3. The van der Waals surface area contributed by atoms with Gasteiger partial charge in [-0.25, -0.2) is 10.2 Å². The summed E-state index contributed by atoms with van der Waals surface area (Å²) in [6, 6.07) is 2.68. The van der Waals surface area contributed by atoms with E-state index in [0.717, 1.165) is 37.0 Å². The highest BCUT2D eigenvalue weighted by molar-refractivity contribution is 6.36. The lowest BCUT2D eigenvalue weighted by molar-refractivity contribution is -0.0135. The van der Waals surface area contributed by atoms with E-state index in [4.69, 9.17) is 23.2 Å². The zero-order valence-corrected chi connectivity index (χ0v) is 15.3. The predicted molar refractivity (Wildman–Crippen MR) is 98.3 cm³/mol. The van der Waals surface area contributed by atoms with Crippen LogP contribution in [0.2, 0.25) is 10.0 Å². The molecule has 0 aliphatic heterocycles. The van der Waals surface area contributed by atoms with Crippen LogP contribution in [0.25, 0.3) is 0 Å². The minimum atomic E-state index is -0.300. The molecule has 4 fully saturated rings. The van der Waals surface area contributed by atoms with Gasteiger partial charge in [0.05, 0.1) is 11.2 Å². The van der Waals surface area contributed by atoms with Crippen LogP contribution >= 0.6 is 23.2 Å². The highest BCUT2D eigenvalue weighted by Gasteiger charge is 2.51. The van der Waals surface area contributed by atoms with E-state index in [1.165, 1.54) is 37.6 Å². The molecule has 25 heavy (non-hydrogen) atoms. The molecule has 4 aliphatic rings. The molecule has 0 radical (unpaired) electrons. The molecular weight excluding hydrogens is 361 g/mol. The number of hydrogen-bond donors (Lipinski definition) is 3. The van der Waals surface area contributed by atoms with Gasteiger partial charge in [0.25, 0.3) is 0 Å². The van der Waals surface area contributed by atoms with Gasteiger partial charge < -0.3 is 10.4 Å². The Morgan fingerprint density at radius 2 is 1.76 bits per heavy atom. The average Bonchev–Trinajstić information content (AvgIpc) is 2.50. The molecule has 0 unspecified atom stereocenters. The molecule has 7 heteroatoms. The molecule has 0 heterocycles. The van der Waals surface area contributed by atoms with Crippen molar-refractivity contribution in [3.8, 4) is 5.75 Å². The number of urea groups is 1. The Balaban J connectivity index is 1.39. The lowest BCUT2D eigenvalue weighted by Crippen LogP contribution is -2.61. The van der Waals surface area contributed by atoms with Gasteiger partial charge in [-0.2, -0.15) is 5.10 Å². The molecule has 0 aromatic heterocycles. The molecule has 4 saturated carbocycles. The maximum Gasteiger partial charge on any atom is 0.335 e. The van der Waals surface area contributed by atoms with E-state index in [1.807, 2.05) is 0 Å². The first-order chi connectivity index (χ1) is 11.9. The third-order valence-electron chi connectivity index (χ3n) is 5.84. The van der Waals surface area contributed by atoms with Gasteiger partial charge in [0.15, 0.2) is 0 Å². The summed E-state index contributed by atoms with van der Waals surface area (Å²) in [7, 11) is 0. The van der Waals surface area contributed by atoms with Gasteiger partial charge in [-0.3, -0.25) is 0 Å². The van der Waals surface area contributed by atoms with E-state index in [2.05, 4.69) is 15.8 Å². The number of hydrogen-bond acceptors (Lipinski definition) is 3. The maximum atomic E-state index is 12.3. The summed E-state index contributed by atoms with van der Waals surface area (Å²) in [6.45, 7) is 0. The second-order valence-electron chi connectivity index (χ2n) is 7.85. The highest BCUT2D eigenvalue weighted by Crippen LogP contribution is 2.55. The molecule has 4 aliphatic carbocycles. The number of nitrogens with zero attached hydrogens (tertiary/aromatic N) is 1. The Kier molecular flexibility index (Phi) is 4.32. The lowest BCUT2D eigenvalue weighted by Gasteiger charge is -2.56. The van der Waals surface area contributed by atoms with Crippen LogP contribution in [0, 0.1) is 17.8 Å². The van der Waals surface area contributed by atoms with Gasteiger partial charge in [0.2, 0.25) is 0 Å². The highest BCUT2D eigenvalue weighted by atomic mass is 35.5. The fourth-order valence-corrected chi connectivity index (χ4v) is 5.89. The Morgan fingerprint density at radius 3 is 2.36 bits per heavy atom. The van der Waals surface area contributed by atoms with E-state index in [9.17, 15) is 9.90 Å². The Hall–Kier alpha value is -1.46. The predicted octanol–water partition coefficient (Wildman–Crippen LogP) is 4.30. The Morgan fingerprint density at radius 1 is 1.16 bits per heavy atom. The van der Waals surface area contributed by atoms with Gasteiger partial charge in [-0.15, -0.1) is 0 Å². The summed E-state index contributed by atoms with van der Waals surface area (Å²) >= 11 is 11.8. The van der Waals surface area contributed by atoms with Crippen LogP contribution in [0.3, 0.4) is 0 Å². The van der Waals surface area contributed by atoms with Gasteiger partial charge in [0.1, 0.15) is 5.75 Å². The van der Waals surface area contributed by atoms with E-state index < -0.39 is 0 Å². The monoisotopic (exact) mass is 381 g/mol. The van der Waals surface area contributed by atoms with Gasteiger partial charge >= 0.3 is 6.03 Å². The fraction of sp³-hybridized carbons (Fsp3) is 0.556. The molecule has 3 N–H and O–H groups in total. The van der Waals surface area contributed by atoms with Crippen molar-refractivity contribution in [2.45, 2.75) is 44.1 Å². The van der Waals surface area contributed by atoms with Crippen LogP contribution in [0.15, 0.2) is 17.2 Å². The largest absolute Gasteiger partial charge is 0.506 e. The van der Waals surface area contributed by atoms with E-state index in [0.29, 0.717) is 10.6 Å². The number of benzene rings is 1. The second-order valence-corrected chi connectivity index (χ2v) is 8.69. The Labute approximate surface area is 156 Å². The molecule has 0 saturated heterocycles. The third-order valence-corrected chi connectivity index (χ3v) is 6.35. The first kappa shape index (κ1) is 17.0. The minimum Gasteiger partial charge on any atom is -0.506 e. The number of halogens is 2. The van der Waals surface area contributed by atoms with Crippen molar-refractivity contribution >= 4 is 35.4 Å². The smallest absolute Gasteiger partial charge is 0.335 e. The molecule has 5 nitrogen and oxygen atoms in total. The van der Waals surface area contributed by atoms with E-state index in [1.54, 1.807) is 0 Å². The molecule has 0 atom stereocenters. The standard InChI is InChI=1S/C18H21Cl2N3O2/c19-14-4-13(16(24)15(20)5-14)9-21-23-17(25)22-18-6-10-1-11(7-18)3-12(2-10)8-18/h4-5,9-12,24H,1-3,6-8H2,(H2,22,23,25)/b21-9-. The van der Waals surface area contributed by atoms with Gasteiger partial charge in [0, 0.05) is 16.1 Å². The van der Waals surface area contributed by atoms with Crippen LogP contribution in [-0.2, 0) is 0 Å². The third kappa shape index (κ3) is 3.44. The molecular formula is C18H21Cl2N3O2. The summed E-state index contributed by atoms with van der Waals surface area (Å²) < 4.78 is 0. The van der Waals surface area contributed by atoms with E-state index >= 15 is 0 Å². The molecule has 5 rings (SSSR count). The number of amides is 2. The van der Waals surface area contributed by atoms with Crippen molar-refractivity contribution in [2.75, 3.05) is 0 Å². The fourth-order valence-electron chi connectivity index (χ4n) is 5.38. The first-order valence-electron chi connectivity index (χ1n) is 8.72. The van der Waals surface area contributed by atoms with Crippen LogP contribution in [0.1, 0.15) is 44.1 Å². The van der Waals surface area contributed by atoms with Crippen LogP contribution < -0.4 is 10.7 Å². The number of nitrogens with one attached hydrogen (secondary N) is 2. The number of hydrazone groups is 1. The molecule has 0 spiro atoms. The Bertz CT molecular complexity index is 700. The van der Waals surface area contributed by atoms with Crippen molar-refractivity contribution in [2.24, 2.45) is 22.9 Å². The van der Waals surface area contributed by atoms with Crippen molar-refractivity contribution in [3.05, 3.63) is 27.7 Å². The van der Waals surface area contributed by atoms with Crippen molar-refractivity contribution in [1.29, 1.82) is 0 Å². The topological polar surface area (TPSA) is 73.7 Å². The molecule has 1 aromatic carbocycles. The van der Waals surface area contributed by atoms with Gasteiger partial charge in [-0.05, 0) is 68.4 Å². The number of phenolic OH excluding ortho intramolecular Hbond substituents is 1. The lowest BCUT2D eigenvalue weighted by atomic mass is 9.53. The number of aromatic hydroxyl groups is 1. The number of carbonyl (C=O) groups is 1. The zero-order chi connectivity index (χ0) is 17.6. The summed E-state index contributed by atoms with van der Waals surface area (Å²) in [6.07, 6.45) is 8.58. The molecule has 4 bridgehead atoms. The quantitative estimate of drug-likeness (QED) is 0.539. The van der Waals surface area contributed by atoms with Crippen molar-refractivity contribution in [3.63, 3.8) is 0 Å². The van der Waals surface area contributed by atoms with Crippen LogP contribution in [0.5, 0.6) is 5.75 Å². The summed E-state index contributed by atoms with van der Waals surface area (Å²) in [5, 5.41) is 17.5. The second kappa shape index (κ2) is 6.36. The molecule has 2 amide bonds. The van der Waals surface area contributed by atoms with Crippen LogP contribution in [0.4, 0.5) is 4.79 Å². The molecule has 134 valence electrons. The minimum absolute atomic E-state index is 0.0597. The van der Waals surface area contributed by atoms with Crippen LogP contribution in [-0.4, -0.2) is 22.9 Å². The summed E-state index contributed by atoms with van der Waals surface area (Å²) in [5.41, 5.74) is 2.79. The van der Waals surface area contributed by atoms with Crippen molar-refractivity contribution in [1.82, 2.24) is 10.7 Å². The van der Waals surface area contributed by atoms with Gasteiger partial charge in [-0.1, -0.05) is 23.2 Å².